The van der Waals surface area contributed by atoms with Crippen LogP contribution >= 0.6 is 0 Å². The van der Waals surface area contributed by atoms with Crippen molar-refractivity contribution < 1.29 is 47.7 Å². The average molecular weight is 510 g/mol. The van der Waals surface area contributed by atoms with Gasteiger partial charge in [-0.2, -0.15) is 0 Å². The Morgan fingerprint density at radius 2 is 1.35 bits per heavy atom. The Balaban J connectivity index is 2.32. The van der Waals surface area contributed by atoms with Gasteiger partial charge in [0.2, 0.25) is 11.5 Å². The van der Waals surface area contributed by atoms with Crippen LogP contribution in [0.15, 0.2) is 11.8 Å². The van der Waals surface area contributed by atoms with E-state index in [9.17, 15) is 24.0 Å². The predicted octanol–water partition coefficient (Wildman–Crippen LogP) is 4.05. The summed E-state index contributed by atoms with van der Waals surface area (Å²) in [6.45, 7) is 11.9. The van der Waals surface area contributed by atoms with Gasteiger partial charge in [0, 0.05) is 49.4 Å². The first kappa shape index (κ1) is 25.9. The van der Waals surface area contributed by atoms with Crippen LogP contribution in [0.3, 0.4) is 0 Å². The Hall–Kier alpha value is -4.21. The second kappa shape index (κ2) is 8.72. The third-order valence-electron chi connectivity index (χ3n) is 6.46. The quantitative estimate of drug-likeness (QED) is 0.438. The number of fused-ring (bicyclic) bond motifs is 2. The molecular weight excluding hydrogens is 484 g/mol. The molecule has 4 rings (SSSR count). The molecule has 0 N–H and O–H groups in total. The Labute approximate surface area is 212 Å². The van der Waals surface area contributed by atoms with Crippen molar-refractivity contribution >= 4 is 46.2 Å². The normalized spacial score (nSPS) is 17.2. The van der Waals surface area contributed by atoms with Gasteiger partial charge in [0.15, 0.2) is 5.76 Å². The molecule has 194 valence electrons. The number of ketones is 1. The standard InChI is InChI=1S/C27H26O10/c1-10-9-16(34-12(3)28)18-19-17(10)23-21(27(7,8)11(2)33-23)24(35-13(4)29)20(19)22(32)26(37-15(6)31)25(18)36-14(5)30/h9,11H,1-8H3/t11-/m1/s1. The molecule has 1 aliphatic carbocycles. The molecule has 10 heteroatoms. The molecule has 0 aromatic heterocycles. The van der Waals surface area contributed by atoms with Gasteiger partial charge >= 0.3 is 23.9 Å². The topological polar surface area (TPSA) is 132 Å². The van der Waals surface area contributed by atoms with Gasteiger partial charge in [-0.25, -0.2) is 0 Å². The summed E-state index contributed by atoms with van der Waals surface area (Å²) < 4.78 is 28.0. The Bertz CT molecular complexity index is 1470. The Kier molecular flexibility index (Phi) is 6.10. The van der Waals surface area contributed by atoms with Crippen molar-refractivity contribution in [3.8, 4) is 17.2 Å². The van der Waals surface area contributed by atoms with Crippen molar-refractivity contribution in [3.05, 3.63) is 34.1 Å². The summed E-state index contributed by atoms with van der Waals surface area (Å²) in [5, 5.41) is 0.650. The molecule has 0 unspecified atom stereocenters. The number of ether oxygens (including phenoxy) is 5. The minimum absolute atomic E-state index is 0.00834. The fourth-order valence-corrected chi connectivity index (χ4v) is 4.76. The number of rotatable bonds is 4. The van der Waals surface area contributed by atoms with Crippen molar-refractivity contribution in [2.24, 2.45) is 0 Å². The third kappa shape index (κ3) is 4.02. The molecule has 2 aromatic carbocycles. The molecule has 0 fully saturated rings. The summed E-state index contributed by atoms with van der Waals surface area (Å²) in [4.78, 5) is 62.4. The molecule has 2 aromatic rings. The van der Waals surface area contributed by atoms with E-state index in [-0.39, 0.29) is 34.1 Å². The van der Waals surface area contributed by atoms with Gasteiger partial charge in [-0.15, -0.1) is 0 Å². The lowest BCUT2D eigenvalue weighted by atomic mass is 9.76. The first-order valence-corrected chi connectivity index (χ1v) is 11.5. The number of allylic oxidation sites excluding steroid dienone is 1. The maximum absolute atomic E-state index is 14.0. The van der Waals surface area contributed by atoms with E-state index in [0.717, 1.165) is 13.8 Å². The third-order valence-corrected chi connectivity index (χ3v) is 6.46. The number of Topliss-reactive ketones (excluding diaryl/α,β-unsaturated/α-hetero) is 1. The largest absolute Gasteiger partial charge is 0.489 e. The molecule has 0 saturated heterocycles. The van der Waals surface area contributed by atoms with E-state index in [2.05, 4.69) is 0 Å². The van der Waals surface area contributed by atoms with Crippen LogP contribution in [0, 0.1) is 6.92 Å². The Morgan fingerprint density at radius 1 is 0.811 bits per heavy atom. The number of hydrogen-bond acceptors (Lipinski definition) is 10. The summed E-state index contributed by atoms with van der Waals surface area (Å²) in [5.74, 6) is -4.65. The molecule has 0 radical (unpaired) electrons. The highest BCUT2D eigenvalue weighted by atomic mass is 16.6. The molecule has 1 heterocycles. The number of carbonyl (C=O) groups excluding carboxylic acids is 5. The van der Waals surface area contributed by atoms with Crippen LogP contribution < -0.4 is 14.2 Å². The molecule has 0 bridgehead atoms. The second-order valence-corrected chi connectivity index (χ2v) is 9.57. The number of hydrogen-bond donors (Lipinski definition) is 0. The smallest absolute Gasteiger partial charge is 0.308 e. The molecule has 0 spiro atoms. The number of esters is 4. The molecule has 0 amide bonds. The van der Waals surface area contributed by atoms with E-state index >= 15 is 0 Å². The maximum Gasteiger partial charge on any atom is 0.308 e. The predicted molar refractivity (Wildman–Crippen MR) is 129 cm³/mol. The van der Waals surface area contributed by atoms with Crippen LogP contribution in [0.4, 0.5) is 0 Å². The van der Waals surface area contributed by atoms with Crippen LogP contribution in [-0.2, 0) is 34.1 Å². The van der Waals surface area contributed by atoms with Crippen molar-refractivity contribution in [1.29, 1.82) is 0 Å². The first-order chi connectivity index (χ1) is 17.2. The van der Waals surface area contributed by atoms with Crippen molar-refractivity contribution in [1.82, 2.24) is 0 Å². The van der Waals surface area contributed by atoms with Crippen molar-refractivity contribution in [2.75, 3.05) is 0 Å². The van der Waals surface area contributed by atoms with Crippen LogP contribution in [-0.4, -0.2) is 35.8 Å². The van der Waals surface area contributed by atoms with Crippen LogP contribution in [0.25, 0.3) is 16.5 Å². The van der Waals surface area contributed by atoms with Gasteiger partial charge in [0.1, 0.15) is 23.4 Å². The monoisotopic (exact) mass is 510 g/mol. The van der Waals surface area contributed by atoms with E-state index in [1.807, 2.05) is 20.8 Å². The average Bonchev–Trinajstić information content (AvgIpc) is 2.97. The first-order valence-electron chi connectivity index (χ1n) is 11.5. The van der Waals surface area contributed by atoms with Crippen molar-refractivity contribution in [3.63, 3.8) is 0 Å². The summed E-state index contributed by atoms with van der Waals surface area (Å²) in [5.41, 5.74) is 0.271. The lowest BCUT2D eigenvalue weighted by Gasteiger charge is -2.28. The molecule has 2 aliphatic rings. The molecule has 0 saturated carbocycles. The lowest BCUT2D eigenvalue weighted by Crippen LogP contribution is -2.30. The molecule has 10 nitrogen and oxygen atoms in total. The fraction of sp³-hybridized carbons (Fsp3) is 0.370. The van der Waals surface area contributed by atoms with E-state index in [1.165, 1.54) is 13.8 Å². The van der Waals surface area contributed by atoms with E-state index in [1.54, 1.807) is 13.0 Å². The van der Waals surface area contributed by atoms with Crippen LogP contribution in [0.2, 0.25) is 0 Å². The summed E-state index contributed by atoms with van der Waals surface area (Å²) in [6.07, 6.45) is -0.379. The van der Waals surface area contributed by atoms with Crippen LogP contribution in [0.1, 0.15) is 75.5 Å². The number of benzene rings is 2. The fourth-order valence-electron chi connectivity index (χ4n) is 4.76. The summed E-state index contributed by atoms with van der Waals surface area (Å²) >= 11 is 0. The molecule has 37 heavy (non-hydrogen) atoms. The minimum Gasteiger partial charge on any atom is -0.489 e. The lowest BCUT2D eigenvalue weighted by molar-refractivity contribution is -0.138. The molecule has 1 atom stereocenters. The highest BCUT2D eigenvalue weighted by molar-refractivity contribution is 6.28. The van der Waals surface area contributed by atoms with Crippen molar-refractivity contribution in [2.45, 2.75) is 66.9 Å². The summed E-state index contributed by atoms with van der Waals surface area (Å²) in [7, 11) is 0. The molecule has 1 aliphatic heterocycles. The van der Waals surface area contributed by atoms with Gasteiger partial charge in [-0.05, 0) is 25.5 Å². The zero-order valence-electron chi connectivity index (χ0n) is 21.7. The number of carbonyl (C=O) groups is 5. The van der Waals surface area contributed by atoms with E-state index in [0.29, 0.717) is 22.3 Å². The van der Waals surface area contributed by atoms with Gasteiger partial charge in [-0.3, -0.25) is 24.0 Å². The van der Waals surface area contributed by atoms with E-state index < -0.39 is 46.6 Å². The van der Waals surface area contributed by atoms with Gasteiger partial charge < -0.3 is 23.7 Å². The van der Waals surface area contributed by atoms with Crippen LogP contribution in [0.5, 0.6) is 17.2 Å². The van der Waals surface area contributed by atoms with Gasteiger partial charge in [-0.1, -0.05) is 13.8 Å². The minimum atomic E-state index is -0.860. The second-order valence-electron chi connectivity index (χ2n) is 9.57. The van der Waals surface area contributed by atoms with E-state index in [4.69, 9.17) is 23.7 Å². The molecular formula is C27H26O10. The maximum atomic E-state index is 14.0. The highest BCUT2D eigenvalue weighted by Gasteiger charge is 2.48. The number of aryl methyl sites for hydroxylation is 1. The van der Waals surface area contributed by atoms with Gasteiger partial charge in [0.25, 0.3) is 0 Å². The summed E-state index contributed by atoms with van der Waals surface area (Å²) in [6, 6.07) is 1.54. The van der Waals surface area contributed by atoms with Gasteiger partial charge in [0.05, 0.1) is 11.1 Å². The Morgan fingerprint density at radius 3 is 1.89 bits per heavy atom. The highest BCUT2D eigenvalue weighted by Crippen LogP contribution is 2.58. The SMILES string of the molecule is CC(=O)OC1=C(OC(C)=O)c2c(OC(C)=O)cc(C)c3c4c(c(OC(C)=O)c(c23)C1=O)C(C)(C)[C@@H](C)O4. The zero-order valence-corrected chi connectivity index (χ0v) is 21.7. The zero-order chi connectivity index (χ0) is 27.6.